The first-order chi connectivity index (χ1) is 11.7. The average Bonchev–Trinajstić information content (AvgIpc) is 2.88. The summed E-state index contributed by atoms with van der Waals surface area (Å²) in [6, 6.07) is 6.43. The number of fused-ring (bicyclic) bond motifs is 1. The molecule has 4 nitrogen and oxygen atoms in total. The summed E-state index contributed by atoms with van der Waals surface area (Å²) in [5, 5.41) is 4.37. The lowest BCUT2D eigenvalue weighted by Gasteiger charge is -2.23. The van der Waals surface area contributed by atoms with Crippen molar-refractivity contribution in [2.75, 3.05) is 6.61 Å². The van der Waals surface area contributed by atoms with Crippen molar-refractivity contribution in [1.82, 2.24) is 9.88 Å². The number of aromatic nitrogens is 1. The fourth-order valence-corrected chi connectivity index (χ4v) is 3.88. The SMILES string of the molecule is CCOc1ccc2c(c1)c(C)c(C(=O)NC1CCCCC1)n2CC. The highest BCUT2D eigenvalue weighted by atomic mass is 16.5. The van der Waals surface area contributed by atoms with Crippen molar-refractivity contribution < 1.29 is 9.53 Å². The van der Waals surface area contributed by atoms with E-state index in [9.17, 15) is 4.79 Å². The summed E-state index contributed by atoms with van der Waals surface area (Å²) in [7, 11) is 0. The lowest BCUT2D eigenvalue weighted by Crippen LogP contribution is -2.37. The number of rotatable bonds is 5. The van der Waals surface area contributed by atoms with Crippen LogP contribution in [0.3, 0.4) is 0 Å². The molecular weight excluding hydrogens is 300 g/mol. The molecule has 130 valence electrons. The number of ether oxygens (including phenoxy) is 1. The summed E-state index contributed by atoms with van der Waals surface area (Å²) in [5.41, 5.74) is 2.95. The van der Waals surface area contributed by atoms with E-state index in [4.69, 9.17) is 4.74 Å². The molecule has 1 aliphatic rings. The molecule has 0 radical (unpaired) electrons. The van der Waals surface area contributed by atoms with Gasteiger partial charge in [-0.25, -0.2) is 0 Å². The highest BCUT2D eigenvalue weighted by Crippen LogP contribution is 2.29. The van der Waals surface area contributed by atoms with Crippen LogP contribution in [-0.4, -0.2) is 23.1 Å². The van der Waals surface area contributed by atoms with Gasteiger partial charge in [-0.05, 0) is 57.4 Å². The van der Waals surface area contributed by atoms with Gasteiger partial charge in [0.15, 0.2) is 0 Å². The van der Waals surface area contributed by atoms with Crippen LogP contribution >= 0.6 is 0 Å². The third-order valence-electron chi connectivity index (χ3n) is 5.07. The Morgan fingerprint density at radius 2 is 2.00 bits per heavy atom. The zero-order valence-corrected chi connectivity index (χ0v) is 15.0. The van der Waals surface area contributed by atoms with Gasteiger partial charge < -0.3 is 14.6 Å². The zero-order chi connectivity index (χ0) is 17.1. The van der Waals surface area contributed by atoms with Crippen LogP contribution in [-0.2, 0) is 6.54 Å². The first-order valence-electron chi connectivity index (χ1n) is 9.22. The van der Waals surface area contributed by atoms with Crippen LogP contribution in [0.25, 0.3) is 10.9 Å². The van der Waals surface area contributed by atoms with E-state index in [2.05, 4.69) is 28.9 Å². The van der Waals surface area contributed by atoms with Crippen molar-refractivity contribution in [3.63, 3.8) is 0 Å². The normalized spacial score (nSPS) is 15.6. The third-order valence-corrected chi connectivity index (χ3v) is 5.07. The Labute approximate surface area is 144 Å². The Kier molecular flexibility index (Phi) is 5.12. The molecule has 1 saturated carbocycles. The van der Waals surface area contributed by atoms with E-state index < -0.39 is 0 Å². The van der Waals surface area contributed by atoms with Gasteiger partial charge in [-0.15, -0.1) is 0 Å². The van der Waals surface area contributed by atoms with Crippen molar-refractivity contribution in [2.24, 2.45) is 0 Å². The predicted molar refractivity (Wildman–Crippen MR) is 97.9 cm³/mol. The number of amides is 1. The summed E-state index contributed by atoms with van der Waals surface area (Å²) in [6.07, 6.45) is 5.94. The minimum absolute atomic E-state index is 0.0652. The van der Waals surface area contributed by atoms with Crippen LogP contribution in [0.4, 0.5) is 0 Å². The van der Waals surface area contributed by atoms with Gasteiger partial charge >= 0.3 is 0 Å². The van der Waals surface area contributed by atoms with E-state index in [0.29, 0.717) is 12.6 Å². The van der Waals surface area contributed by atoms with Gasteiger partial charge in [0.1, 0.15) is 11.4 Å². The molecule has 1 aliphatic carbocycles. The molecule has 24 heavy (non-hydrogen) atoms. The topological polar surface area (TPSA) is 43.3 Å². The summed E-state index contributed by atoms with van der Waals surface area (Å²) < 4.78 is 7.75. The lowest BCUT2D eigenvalue weighted by atomic mass is 9.95. The van der Waals surface area contributed by atoms with Crippen molar-refractivity contribution >= 4 is 16.8 Å². The Hall–Kier alpha value is -1.97. The number of hydrogen-bond acceptors (Lipinski definition) is 2. The molecule has 1 amide bonds. The number of hydrogen-bond donors (Lipinski definition) is 1. The minimum atomic E-state index is 0.0652. The van der Waals surface area contributed by atoms with Crippen molar-refractivity contribution in [3.05, 3.63) is 29.5 Å². The Balaban J connectivity index is 1.96. The molecule has 1 aromatic carbocycles. The Bertz CT molecular complexity index is 727. The molecule has 3 rings (SSSR count). The molecule has 0 spiro atoms. The number of nitrogens with one attached hydrogen (secondary N) is 1. The molecule has 1 aromatic heterocycles. The van der Waals surface area contributed by atoms with E-state index in [1.807, 2.05) is 19.9 Å². The second kappa shape index (κ2) is 7.29. The van der Waals surface area contributed by atoms with E-state index >= 15 is 0 Å². The molecule has 0 bridgehead atoms. The zero-order valence-electron chi connectivity index (χ0n) is 15.0. The number of aryl methyl sites for hydroxylation is 2. The highest BCUT2D eigenvalue weighted by Gasteiger charge is 2.23. The first kappa shape index (κ1) is 16.9. The smallest absolute Gasteiger partial charge is 0.268 e. The third kappa shape index (κ3) is 3.14. The Morgan fingerprint density at radius 1 is 1.25 bits per heavy atom. The number of nitrogens with zero attached hydrogens (tertiary/aromatic N) is 1. The predicted octanol–water partition coefficient (Wildman–Crippen LogP) is 4.43. The molecule has 2 aromatic rings. The van der Waals surface area contributed by atoms with Gasteiger partial charge in [0, 0.05) is 23.5 Å². The second-order valence-electron chi connectivity index (χ2n) is 6.64. The molecule has 4 heteroatoms. The molecule has 0 unspecified atom stereocenters. The van der Waals surface area contributed by atoms with Crippen LogP contribution in [0.2, 0.25) is 0 Å². The number of carbonyl (C=O) groups excluding carboxylic acids is 1. The standard InChI is InChI=1S/C20H28N2O2/c1-4-22-18-12-11-16(24-5-2)13-17(18)14(3)19(22)20(23)21-15-9-7-6-8-10-15/h11-13,15H,4-10H2,1-3H3,(H,21,23). The average molecular weight is 328 g/mol. The fraction of sp³-hybridized carbons (Fsp3) is 0.550. The van der Waals surface area contributed by atoms with E-state index in [1.165, 1.54) is 19.3 Å². The van der Waals surface area contributed by atoms with Gasteiger partial charge in [0.25, 0.3) is 5.91 Å². The number of benzene rings is 1. The lowest BCUT2D eigenvalue weighted by molar-refractivity contribution is 0.0918. The summed E-state index contributed by atoms with van der Waals surface area (Å²) >= 11 is 0. The molecule has 1 N–H and O–H groups in total. The van der Waals surface area contributed by atoms with Gasteiger partial charge in [0.2, 0.25) is 0 Å². The fourth-order valence-electron chi connectivity index (χ4n) is 3.88. The number of carbonyl (C=O) groups is 1. The molecule has 1 fully saturated rings. The first-order valence-corrected chi connectivity index (χ1v) is 9.22. The van der Waals surface area contributed by atoms with E-state index in [1.54, 1.807) is 0 Å². The summed E-state index contributed by atoms with van der Waals surface area (Å²) in [6.45, 7) is 7.55. The molecular formula is C20H28N2O2. The minimum Gasteiger partial charge on any atom is -0.494 e. The maximum atomic E-state index is 12.9. The van der Waals surface area contributed by atoms with Crippen molar-refractivity contribution in [3.8, 4) is 5.75 Å². The molecule has 1 heterocycles. The van der Waals surface area contributed by atoms with Crippen LogP contribution in [0.1, 0.15) is 62.0 Å². The molecule has 0 aliphatic heterocycles. The van der Waals surface area contributed by atoms with Crippen LogP contribution in [0.15, 0.2) is 18.2 Å². The van der Waals surface area contributed by atoms with Crippen LogP contribution in [0.5, 0.6) is 5.75 Å². The van der Waals surface area contributed by atoms with Gasteiger partial charge in [-0.2, -0.15) is 0 Å². The Morgan fingerprint density at radius 3 is 2.67 bits per heavy atom. The summed E-state index contributed by atoms with van der Waals surface area (Å²) in [5.74, 6) is 0.927. The second-order valence-corrected chi connectivity index (χ2v) is 6.64. The van der Waals surface area contributed by atoms with Gasteiger partial charge in [-0.3, -0.25) is 4.79 Å². The highest BCUT2D eigenvalue weighted by molar-refractivity contribution is 6.02. The van der Waals surface area contributed by atoms with Crippen LogP contribution < -0.4 is 10.1 Å². The molecule has 0 saturated heterocycles. The van der Waals surface area contributed by atoms with E-state index in [0.717, 1.165) is 47.3 Å². The van der Waals surface area contributed by atoms with E-state index in [-0.39, 0.29) is 5.91 Å². The van der Waals surface area contributed by atoms with Gasteiger partial charge in [-0.1, -0.05) is 19.3 Å². The van der Waals surface area contributed by atoms with Crippen molar-refractivity contribution in [1.29, 1.82) is 0 Å². The quantitative estimate of drug-likeness (QED) is 0.882. The molecule has 0 atom stereocenters. The maximum Gasteiger partial charge on any atom is 0.268 e. The van der Waals surface area contributed by atoms with Gasteiger partial charge in [0.05, 0.1) is 6.61 Å². The largest absolute Gasteiger partial charge is 0.494 e. The maximum absolute atomic E-state index is 12.9. The van der Waals surface area contributed by atoms with Crippen LogP contribution in [0, 0.1) is 6.92 Å². The summed E-state index contributed by atoms with van der Waals surface area (Å²) in [4.78, 5) is 12.9. The monoisotopic (exact) mass is 328 g/mol. The van der Waals surface area contributed by atoms with Crippen molar-refractivity contribution in [2.45, 2.75) is 65.5 Å².